The minimum absolute atomic E-state index is 0.679. The summed E-state index contributed by atoms with van der Waals surface area (Å²) in [5.41, 5.74) is 9.25. The van der Waals surface area contributed by atoms with Crippen molar-refractivity contribution in [2.45, 2.75) is 6.92 Å². The number of nitrogens with zero attached hydrogens (tertiary/aromatic N) is 2. The van der Waals surface area contributed by atoms with Crippen molar-refractivity contribution in [2.75, 3.05) is 11.1 Å². The molecule has 0 spiro atoms. The highest BCUT2D eigenvalue weighted by Crippen LogP contribution is 2.28. The number of fused-ring (bicyclic) bond motifs is 1. The Hall–Kier alpha value is -2.33. The van der Waals surface area contributed by atoms with Gasteiger partial charge in [0.05, 0.1) is 5.52 Å². The van der Waals surface area contributed by atoms with Crippen molar-refractivity contribution in [1.82, 2.24) is 9.97 Å². The second-order valence-corrected chi connectivity index (χ2v) is 4.94. The van der Waals surface area contributed by atoms with E-state index < -0.39 is 0 Å². The van der Waals surface area contributed by atoms with Gasteiger partial charge in [0, 0.05) is 21.8 Å². The van der Waals surface area contributed by atoms with Crippen LogP contribution in [0.1, 0.15) is 5.56 Å². The minimum Gasteiger partial charge on any atom is -0.399 e. The Labute approximate surface area is 121 Å². The van der Waals surface area contributed by atoms with Gasteiger partial charge in [-0.15, -0.1) is 0 Å². The first-order chi connectivity index (χ1) is 9.65. The zero-order valence-electron chi connectivity index (χ0n) is 10.9. The smallest absolute Gasteiger partial charge is 0.141 e. The van der Waals surface area contributed by atoms with Crippen LogP contribution in [0.2, 0.25) is 5.02 Å². The van der Waals surface area contributed by atoms with Gasteiger partial charge in [-0.1, -0.05) is 17.7 Å². The fourth-order valence-corrected chi connectivity index (χ4v) is 2.22. The molecule has 1 aromatic heterocycles. The lowest BCUT2D eigenvalue weighted by atomic mass is 10.1. The van der Waals surface area contributed by atoms with Gasteiger partial charge in [0.2, 0.25) is 0 Å². The zero-order chi connectivity index (χ0) is 14.1. The molecule has 5 heteroatoms. The maximum Gasteiger partial charge on any atom is 0.141 e. The fraction of sp³-hybridized carbons (Fsp3) is 0.0667. The first kappa shape index (κ1) is 12.7. The Balaban J connectivity index is 2.11. The van der Waals surface area contributed by atoms with Gasteiger partial charge in [0.15, 0.2) is 0 Å². The molecule has 3 rings (SSSR count). The number of nitrogens with one attached hydrogen (secondary N) is 1. The maximum absolute atomic E-state index is 6.13. The quantitative estimate of drug-likeness (QED) is 0.700. The summed E-state index contributed by atoms with van der Waals surface area (Å²) in [6.07, 6.45) is 1.53. The van der Waals surface area contributed by atoms with E-state index in [1.165, 1.54) is 6.33 Å². The van der Waals surface area contributed by atoms with E-state index in [0.29, 0.717) is 16.5 Å². The molecule has 4 nitrogen and oxygen atoms in total. The second-order valence-electron chi connectivity index (χ2n) is 4.54. The molecule has 2 aromatic carbocycles. The summed E-state index contributed by atoms with van der Waals surface area (Å²) < 4.78 is 0. The number of hydrogen-bond acceptors (Lipinski definition) is 4. The maximum atomic E-state index is 6.13. The van der Waals surface area contributed by atoms with Gasteiger partial charge in [-0.2, -0.15) is 0 Å². The summed E-state index contributed by atoms with van der Waals surface area (Å²) in [5.74, 6) is 0.715. The van der Waals surface area contributed by atoms with Crippen LogP contribution in [0.4, 0.5) is 17.2 Å². The molecule has 100 valence electrons. The molecule has 0 aliphatic carbocycles. The molecule has 3 aromatic rings. The first-order valence-corrected chi connectivity index (χ1v) is 6.55. The van der Waals surface area contributed by atoms with Gasteiger partial charge in [-0.3, -0.25) is 0 Å². The normalized spacial score (nSPS) is 10.7. The summed E-state index contributed by atoms with van der Waals surface area (Å²) in [6.45, 7) is 1.96. The number of nitrogen functional groups attached to an aromatic ring is 1. The van der Waals surface area contributed by atoms with Crippen LogP contribution < -0.4 is 11.1 Å². The van der Waals surface area contributed by atoms with Gasteiger partial charge >= 0.3 is 0 Å². The Morgan fingerprint density at radius 1 is 1.15 bits per heavy atom. The van der Waals surface area contributed by atoms with E-state index >= 15 is 0 Å². The minimum atomic E-state index is 0.679. The first-order valence-electron chi connectivity index (χ1n) is 6.17. The molecule has 0 unspecified atom stereocenters. The Bertz CT molecular complexity index is 786. The van der Waals surface area contributed by atoms with Gasteiger partial charge < -0.3 is 11.1 Å². The number of rotatable bonds is 2. The topological polar surface area (TPSA) is 63.8 Å². The molecule has 0 saturated heterocycles. The van der Waals surface area contributed by atoms with Crippen molar-refractivity contribution in [3.8, 4) is 0 Å². The SMILES string of the molecule is Cc1c(Cl)cccc1Nc1ncnc2ccc(N)cc12. The molecule has 0 aliphatic heterocycles. The van der Waals surface area contributed by atoms with Crippen LogP contribution in [0, 0.1) is 6.92 Å². The van der Waals surface area contributed by atoms with Gasteiger partial charge in [-0.05, 0) is 42.8 Å². The highest BCUT2D eigenvalue weighted by atomic mass is 35.5. The van der Waals surface area contributed by atoms with E-state index in [9.17, 15) is 0 Å². The monoisotopic (exact) mass is 284 g/mol. The van der Waals surface area contributed by atoms with Crippen LogP contribution in [-0.4, -0.2) is 9.97 Å². The standard InChI is InChI=1S/C15H13ClN4/c1-9-12(16)3-2-4-13(9)20-15-11-7-10(17)5-6-14(11)18-8-19-15/h2-8H,17H2,1H3,(H,18,19,20). The van der Waals surface area contributed by atoms with Crippen LogP contribution in [0.25, 0.3) is 10.9 Å². The number of nitrogens with two attached hydrogens (primary N) is 1. The van der Waals surface area contributed by atoms with Gasteiger partial charge in [0.1, 0.15) is 12.1 Å². The lowest BCUT2D eigenvalue weighted by Gasteiger charge is -2.11. The van der Waals surface area contributed by atoms with E-state index in [0.717, 1.165) is 22.2 Å². The number of aromatic nitrogens is 2. The molecule has 0 amide bonds. The molecule has 3 N–H and O–H groups in total. The average Bonchev–Trinajstić information content (AvgIpc) is 2.44. The average molecular weight is 285 g/mol. The predicted octanol–water partition coefficient (Wildman–Crippen LogP) is 3.92. The number of anilines is 3. The molecule has 20 heavy (non-hydrogen) atoms. The van der Waals surface area contributed by atoms with Crippen molar-refractivity contribution >= 4 is 39.7 Å². The van der Waals surface area contributed by atoms with E-state index in [1.54, 1.807) is 0 Å². The lowest BCUT2D eigenvalue weighted by molar-refractivity contribution is 1.21. The molecule has 0 fully saturated rings. The highest BCUT2D eigenvalue weighted by molar-refractivity contribution is 6.31. The van der Waals surface area contributed by atoms with E-state index in [1.807, 2.05) is 43.3 Å². The molecular formula is C15H13ClN4. The summed E-state index contributed by atoms with van der Waals surface area (Å²) in [7, 11) is 0. The van der Waals surface area contributed by atoms with Crippen LogP contribution in [0.5, 0.6) is 0 Å². The largest absolute Gasteiger partial charge is 0.399 e. The van der Waals surface area contributed by atoms with Crippen molar-refractivity contribution < 1.29 is 0 Å². The third-order valence-electron chi connectivity index (χ3n) is 3.18. The Morgan fingerprint density at radius 2 is 2.00 bits per heavy atom. The highest BCUT2D eigenvalue weighted by Gasteiger charge is 2.07. The molecule has 0 saturated carbocycles. The van der Waals surface area contributed by atoms with E-state index in [4.69, 9.17) is 17.3 Å². The number of halogens is 1. The van der Waals surface area contributed by atoms with Crippen molar-refractivity contribution in [3.63, 3.8) is 0 Å². The molecule has 0 bridgehead atoms. The molecule has 1 heterocycles. The summed E-state index contributed by atoms with van der Waals surface area (Å²) in [5, 5.41) is 4.89. The van der Waals surface area contributed by atoms with Crippen molar-refractivity contribution in [3.05, 3.63) is 53.3 Å². The third kappa shape index (κ3) is 2.26. The predicted molar refractivity (Wildman–Crippen MR) is 83.4 cm³/mol. The summed E-state index contributed by atoms with van der Waals surface area (Å²) >= 11 is 6.13. The van der Waals surface area contributed by atoms with Crippen LogP contribution >= 0.6 is 11.6 Å². The Kier molecular flexibility index (Phi) is 3.16. The molecule has 0 atom stereocenters. The molecule has 0 radical (unpaired) electrons. The Morgan fingerprint density at radius 3 is 2.85 bits per heavy atom. The lowest BCUT2D eigenvalue weighted by Crippen LogP contribution is -1.98. The fourth-order valence-electron chi connectivity index (χ4n) is 2.04. The van der Waals surface area contributed by atoms with Gasteiger partial charge in [0.25, 0.3) is 0 Å². The van der Waals surface area contributed by atoms with Crippen LogP contribution in [0.3, 0.4) is 0 Å². The summed E-state index contributed by atoms with van der Waals surface area (Å²) in [6, 6.07) is 11.3. The van der Waals surface area contributed by atoms with Gasteiger partial charge in [-0.25, -0.2) is 9.97 Å². The van der Waals surface area contributed by atoms with Crippen LogP contribution in [-0.2, 0) is 0 Å². The van der Waals surface area contributed by atoms with Crippen LogP contribution in [0.15, 0.2) is 42.7 Å². The zero-order valence-corrected chi connectivity index (χ0v) is 11.6. The summed E-state index contributed by atoms with van der Waals surface area (Å²) in [4.78, 5) is 8.53. The second kappa shape index (κ2) is 4.98. The molecular weight excluding hydrogens is 272 g/mol. The van der Waals surface area contributed by atoms with E-state index in [2.05, 4.69) is 15.3 Å². The molecule has 0 aliphatic rings. The van der Waals surface area contributed by atoms with E-state index in [-0.39, 0.29) is 0 Å². The van der Waals surface area contributed by atoms with Crippen molar-refractivity contribution in [2.24, 2.45) is 0 Å². The number of benzene rings is 2. The van der Waals surface area contributed by atoms with Crippen molar-refractivity contribution in [1.29, 1.82) is 0 Å². The number of hydrogen-bond donors (Lipinski definition) is 2. The third-order valence-corrected chi connectivity index (χ3v) is 3.59.